The Labute approximate surface area is 234 Å². The maximum absolute atomic E-state index is 13.9. The Morgan fingerprint density at radius 3 is 2.51 bits per heavy atom. The molecule has 0 saturated carbocycles. The molecule has 1 aliphatic rings. The summed E-state index contributed by atoms with van der Waals surface area (Å²) in [5.41, 5.74) is 5.96. The Morgan fingerprint density at radius 2 is 1.82 bits per heavy atom. The van der Waals surface area contributed by atoms with E-state index in [0.717, 1.165) is 53.4 Å². The van der Waals surface area contributed by atoms with E-state index in [4.69, 9.17) is 9.72 Å². The van der Waals surface area contributed by atoms with Gasteiger partial charge in [0.25, 0.3) is 5.91 Å². The Kier molecular flexibility index (Phi) is 7.59. The molecule has 2 aromatic heterocycles. The molecule has 1 amide bonds. The largest absolute Gasteiger partial charge is 0.462 e. The number of hydrogen-bond donors (Lipinski definition) is 1. The molecule has 1 N–H and O–H groups in total. The SMILES string of the molecule is CCOC(=O)c1c(NC(=O)c2cc(-c3ccc(CC)cc3)nc3ccccc23)sc2c1CC[C@@H](C(C)(C)C)C2. The highest BCUT2D eigenvalue weighted by atomic mass is 32.1. The first kappa shape index (κ1) is 27.1. The van der Waals surface area contributed by atoms with Crippen LogP contribution in [0, 0.1) is 11.3 Å². The number of hydrogen-bond acceptors (Lipinski definition) is 5. The molecule has 0 saturated heterocycles. The number of aryl methyl sites for hydroxylation is 1. The number of para-hydroxylation sites is 1. The number of nitrogens with zero attached hydrogens (tertiary/aromatic N) is 1. The van der Waals surface area contributed by atoms with E-state index in [-0.39, 0.29) is 23.9 Å². The number of ether oxygens (including phenoxy) is 1. The normalized spacial score (nSPS) is 15.2. The van der Waals surface area contributed by atoms with E-state index in [0.29, 0.717) is 22.0 Å². The van der Waals surface area contributed by atoms with Gasteiger partial charge in [-0.2, -0.15) is 0 Å². The molecule has 1 atom stereocenters. The summed E-state index contributed by atoms with van der Waals surface area (Å²) in [4.78, 5) is 33.0. The van der Waals surface area contributed by atoms with Gasteiger partial charge in [0.15, 0.2) is 0 Å². The maximum Gasteiger partial charge on any atom is 0.341 e. The van der Waals surface area contributed by atoms with Gasteiger partial charge in [0.2, 0.25) is 0 Å². The molecule has 0 bridgehead atoms. The summed E-state index contributed by atoms with van der Waals surface area (Å²) >= 11 is 1.52. The highest BCUT2D eigenvalue weighted by Gasteiger charge is 2.34. The molecule has 6 heteroatoms. The lowest BCUT2D eigenvalue weighted by Crippen LogP contribution is -2.26. The predicted octanol–water partition coefficient (Wildman–Crippen LogP) is 8.11. The summed E-state index contributed by atoms with van der Waals surface area (Å²) in [6, 6.07) is 17.8. The molecule has 0 fully saturated rings. The van der Waals surface area contributed by atoms with Crippen molar-refractivity contribution in [1.29, 1.82) is 0 Å². The van der Waals surface area contributed by atoms with E-state index >= 15 is 0 Å². The van der Waals surface area contributed by atoms with Gasteiger partial charge < -0.3 is 10.1 Å². The Bertz CT molecular complexity index is 1530. The van der Waals surface area contributed by atoms with Crippen LogP contribution in [-0.4, -0.2) is 23.5 Å². The molecule has 0 spiro atoms. The van der Waals surface area contributed by atoms with E-state index < -0.39 is 0 Å². The van der Waals surface area contributed by atoms with E-state index in [1.54, 1.807) is 0 Å². The van der Waals surface area contributed by atoms with Crippen LogP contribution in [0.4, 0.5) is 5.00 Å². The van der Waals surface area contributed by atoms with Gasteiger partial charge in [0.1, 0.15) is 5.00 Å². The monoisotopic (exact) mass is 540 g/mol. The van der Waals surface area contributed by atoms with Gasteiger partial charge in [0, 0.05) is 15.8 Å². The molecular weight excluding hydrogens is 504 g/mol. The van der Waals surface area contributed by atoms with Crippen molar-refractivity contribution in [2.75, 3.05) is 11.9 Å². The number of anilines is 1. The molecule has 0 unspecified atom stereocenters. The third-order valence-corrected chi connectivity index (χ3v) is 8.99. The van der Waals surface area contributed by atoms with Crippen LogP contribution >= 0.6 is 11.3 Å². The standard InChI is InChI=1S/C33H36N2O3S/c1-6-20-12-14-21(15-13-20)27-19-25(23-10-8-9-11-26(23)34-27)30(36)35-31-29(32(37)38-7-2)24-17-16-22(33(3,4)5)18-28(24)39-31/h8-15,19,22H,6-7,16-18H2,1-5H3,(H,35,36)/t22-/m1/s1. The fraction of sp³-hybridized carbons (Fsp3) is 0.364. The number of esters is 1. The summed E-state index contributed by atoms with van der Waals surface area (Å²) in [5, 5.41) is 4.47. The van der Waals surface area contributed by atoms with Crippen molar-refractivity contribution in [3.8, 4) is 11.3 Å². The van der Waals surface area contributed by atoms with E-state index in [1.807, 2.05) is 37.3 Å². The second-order valence-corrected chi connectivity index (χ2v) is 12.4. The molecular formula is C33H36N2O3S. The lowest BCUT2D eigenvalue weighted by molar-refractivity contribution is 0.0526. The first-order chi connectivity index (χ1) is 18.7. The van der Waals surface area contributed by atoms with Crippen LogP contribution < -0.4 is 5.32 Å². The number of amides is 1. The highest BCUT2D eigenvalue weighted by Crippen LogP contribution is 2.44. The van der Waals surface area contributed by atoms with Gasteiger partial charge in [-0.15, -0.1) is 11.3 Å². The van der Waals surface area contributed by atoms with Gasteiger partial charge in [-0.25, -0.2) is 9.78 Å². The van der Waals surface area contributed by atoms with Crippen molar-refractivity contribution in [2.24, 2.45) is 11.3 Å². The van der Waals surface area contributed by atoms with E-state index in [1.165, 1.54) is 21.8 Å². The smallest absolute Gasteiger partial charge is 0.341 e. The van der Waals surface area contributed by atoms with Crippen LogP contribution in [0.3, 0.4) is 0 Å². The first-order valence-corrected chi connectivity index (χ1v) is 14.6. The maximum atomic E-state index is 13.9. The number of aromatic nitrogens is 1. The van der Waals surface area contributed by atoms with Crippen LogP contribution in [0.1, 0.15) is 77.8 Å². The number of rotatable bonds is 6. The second-order valence-electron chi connectivity index (χ2n) is 11.3. The topological polar surface area (TPSA) is 68.3 Å². The molecule has 4 aromatic rings. The minimum atomic E-state index is -0.365. The summed E-state index contributed by atoms with van der Waals surface area (Å²) < 4.78 is 5.45. The van der Waals surface area contributed by atoms with Gasteiger partial charge in [-0.1, -0.05) is 70.2 Å². The molecule has 0 radical (unpaired) electrons. The number of nitrogens with one attached hydrogen (secondary N) is 1. The number of thiophene rings is 1. The molecule has 0 aliphatic heterocycles. The van der Waals surface area contributed by atoms with E-state index in [9.17, 15) is 9.59 Å². The third-order valence-electron chi connectivity index (χ3n) is 7.82. The molecule has 2 aromatic carbocycles. The van der Waals surface area contributed by atoms with Crippen LogP contribution in [0.2, 0.25) is 0 Å². The molecule has 2 heterocycles. The predicted molar refractivity (Wildman–Crippen MR) is 160 cm³/mol. The minimum absolute atomic E-state index is 0.177. The van der Waals surface area contributed by atoms with Crippen molar-refractivity contribution in [2.45, 2.75) is 60.3 Å². The Hall–Kier alpha value is -3.51. The fourth-order valence-electron chi connectivity index (χ4n) is 5.43. The highest BCUT2D eigenvalue weighted by molar-refractivity contribution is 7.17. The van der Waals surface area contributed by atoms with Crippen molar-refractivity contribution >= 4 is 39.1 Å². The number of fused-ring (bicyclic) bond motifs is 2. The van der Waals surface area contributed by atoms with Crippen LogP contribution in [0.25, 0.3) is 22.2 Å². The lowest BCUT2D eigenvalue weighted by Gasteiger charge is -2.33. The summed E-state index contributed by atoms with van der Waals surface area (Å²) in [5.74, 6) is -0.0969. The van der Waals surface area contributed by atoms with Crippen molar-refractivity contribution in [1.82, 2.24) is 4.98 Å². The van der Waals surface area contributed by atoms with Gasteiger partial charge in [-0.3, -0.25) is 4.79 Å². The first-order valence-electron chi connectivity index (χ1n) is 13.8. The zero-order valence-corrected chi connectivity index (χ0v) is 24.2. The number of pyridine rings is 1. The molecule has 5 nitrogen and oxygen atoms in total. The van der Waals surface area contributed by atoms with Crippen molar-refractivity contribution in [3.05, 3.63) is 81.7 Å². The Balaban J connectivity index is 1.55. The quantitative estimate of drug-likeness (QED) is 0.251. The molecule has 1 aliphatic carbocycles. The van der Waals surface area contributed by atoms with Crippen LogP contribution in [0.15, 0.2) is 54.6 Å². The Morgan fingerprint density at radius 1 is 1.08 bits per heavy atom. The van der Waals surface area contributed by atoms with E-state index in [2.05, 4.69) is 57.3 Å². The zero-order valence-electron chi connectivity index (χ0n) is 23.4. The summed E-state index contributed by atoms with van der Waals surface area (Å²) in [7, 11) is 0. The molecule has 5 rings (SSSR count). The average molecular weight is 541 g/mol. The average Bonchev–Trinajstić information content (AvgIpc) is 3.29. The summed E-state index contributed by atoms with van der Waals surface area (Å²) in [6.07, 6.45) is 3.70. The lowest BCUT2D eigenvalue weighted by atomic mass is 9.72. The van der Waals surface area contributed by atoms with Gasteiger partial charge in [0.05, 0.1) is 28.9 Å². The van der Waals surface area contributed by atoms with Gasteiger partial charge in [-0.05, 0) is 67.2 Å². The second kappa shape index (κ2) is 10.9. The van der Waals surface area contributed by atoms with Gasteiger partial charge >= 0.3 is 5.97 Å². The number of carbonyl (C=O) groups excluding carboxylic acids is 2. The molecule has 39 heavy (non-hydrogen) atoms. The number of carbonyl (C=O) groups is 2. The van der Waals surface area contributed by atoms with Crippen LogP contribution in [0.5, 0.6) is 0 Å². The van der Waals surface area contributed by atoms with Crippen LogP contribution in [-0.2, 0) is 24.0 Å². The minimum Gasteiger partial charge on any atom is -0.462 e. The van der Waals surface area contributed by atoms with Crippen molar-refractivity contribution < 1.29 is 14.3 Å². The molecule has 202 valence electrons. The van der Waals surface area contributed by atoms with Crippen molar-refractivity contribution in [3.63, 3.8) is 0 Å². The number of benzene rings is 2. The fourth-order valence-corrected chi connectivity index (χ4v) is 6.74. The zero-order chi connectivity index (χ0) is 27.7. The third kappa shape index (κ3) is 5.48. The summed E-state index contributed by atoms with van der Waals surface area (Å²) in [6.45, 7) is 11.0.